The highest BCUT2D eigenvalue weighted by Crippen LogP contribution is 2.24. The van der Waals surface area contributed by atoms with Gasteiger partial charge in [-0.3, -0.25) is 0 Å². The van der Waals surface area contributed by atoms with Crippen LogP contribution >= 0.6 is 15.9 Å². The predicted octanol–water partition coefficient (Wildman–Crippen LogP) is 3.69. The third kappa shape index (κ3) is 3.67. The Balaban J connectivity index is 2.10. The smallest absolute Gasteiger partial charge is 0.0790 e. The Kier molecular flexibility index (Phi) is 4.77. The van der Waals surface area contributed by atoms with Gasteiger partial charge in [-0.1, -0.05) is 26.0 Å². The summed E-state index contributed by atoms with van der Waals surface area (Å²) in [6.45, 7) is 8.32. The molecule has 0 aliphatic carbocycles. The molecule has 0 radical (unpaired) electrons. The van der Waals surface area contributed by atoms with E-state index in [4.69, 9.17) is 0 Å². The standard InChI is InChI=1S/C15H20BrN3/c1-11(2)9-17-10-13-7-8-19(18-13)14-6-4-5-12(3)15(14)16/h4-8,11,17H,9-10H2,1-3H3. The zero-order valence-electron chi connectivity index (χ0n) is 11.7. The lowest BCUT2D eigenvalue weighted by Crippen LogP contribution is -2.19. The highest BCUT2D eigenvalue weighted by atomic mass is 79.9. The molecule has 1 N–H and O–H groups in total. The van der Waals surface area contributed by atoms with Gasteiger partial charge in [-0.25, -0.2) is 4.68 Å². The maximum absolute atomic E-state index is 4.60. The largest absolute Gasteiger partial charge is 0.311 e. The first kappa shape index (κ1) is 14.3. The van der Waals surface area contributed by atoms with Crippen molar-refractivity contribution < 1.29 is 0 Å². The van der Waals surface area contributed by atoms with E-state index >= 15 is 0 Å². The van der Waals surface area contributed by atoms with E-state index in [1.54, 1.807) is 0 Å². The number of nitrogens with zero attached hydrogens (tertiary/aromatic N) is 2. The molecule has 2 aromatic rings. The van der Waals surface area contributed by atoms with Crippen LogP contribution in [-0.2, 0) is 6.54 Å². The number of rotatable bonds is 5. The lowest BCUT2D eigenvalue weighted by Gasteiger charge is -2.07. The highest BCUT2D eigenvalue weighted by Gasteiger charge is 2.06. The average Bonchev–Trinajstić information content (AvgIpc) is 2.81. The minimum Gasteiger partial charge on any atom is -0.311 e. The summed E-state index contributed by atoms with van der Waals surface area (Å²) in [5.74, 6) is 0.660. The molecule has 1 aromatic carbocycles. The quantitative estimate of drug-likeness (QED) is 0.910. The fourth-order valence-electron chi connectivity index (χ4n) is 1.89. The van der Waals surface area contributed by atoms with E-state index in [1.165, 1.54) is 5.56 Å². The molecule has 0 saturated carbocycles. The van der Waals surface area contributed by atoms with Gasteiger partial charge in [0.05, 0.1) is 11.4 Å². The first-order valence-electron chi connectivity index (χ1n) is 6.58. The first-order chi connectivity index (χ1) is 9.08. The van der Waals surface area contributed by atoms with Crippen molar-refractivity contribution >= 4 is 15.9 Å². The van der Waals surface area contributed by atoms with Gasteiger partial charge < -0.3 is 5.32 Å². The summed E-state index contributed by atoms with van der Waals surface area (Å²) in [5, 5.41) is 8.01. The normalized spacial score (nSPS) is 11.2. The van der Waals surface area contributed by atoms with Crippen molar-refractivity contribution in [3.8, 4) is 5.69 Å². The molecule has 3 nitrogen and oxygen atoms in total. The number of halogens is 1. The van der Waals surface area contributed by atoms with Gasteiger partial charge >= 0.3 is 0 Å². The Labute approximate surface area is 123 Å². The number of hydrogen-bond donors (Lipinski definition) is 1. The zero-order chi connectivity index (χ0) is 13.8. The van der Waals surface area contributed by atoms with Crippen LogP contribution in [0.5, 0.6) is 0 Å². The number of hydrogen-bond acceptors (Lipinski definition) is 2. The number of benzene rings is 1. The van der Waals surface area contributed by atoms with E-state index in [0.717, 1.165) is 28.9 Å². The van der Waals surface area contributed by atoms with Crippen LogP contribution in [-0.4, -0.2) is 16.3 Å². The van der Waals surface area contributed by atoms with Gasteiger partial charge in [-0.05, 0) is 53.0 Å². The van der Waals surface area contributed by atoms with Gasteiger partial charge in [0.15, 0.2) is 0 Å². The molecule has 0 aliphatic heterocycles. The zero-order valence-corrected chi connectivity index (χ0v) is 13.2. The van der Waals surface area contributed by atoms with E-state index in [-0.39, 0.29) is 0 Å². The van der Waals surface area contributed by atoms with E-state index in [0.29, 0.717) is 5.92 Å². The fourth-order valence-corrected chi connectivity index (χ4v) is 2.33. The molecule has 4 heteroatoms. The van der Waals surface area contributed by atoms with E-state index in [1.807, 2.05) is 16.9 Å². The van der Waals surface area contributed by atoms with Gasteiger partial charge in [0.2, 0.25) is 0 Å². The summed E-state index contributed by atoms with van der Waals surface area (Å²) < 4.78 is 3.02. The molecule has 2 rings (SSSR count). The third-order valence-corrected chi connectivity index (χ3v) is 3.95. The summed E-state index contributed by atoms with van der Waals surface area (Å²) in [6.07, 6.45) is 2.01. The molecule has 0 spiro atoms. The van der Waals surface area contributed by atoms with Crippen LogP contribution in [0.25, 0.3) is 5.69 Å². The number of nitrogens with one attached hydrogen (secondary N) is 1. The van der Waals surface area contributed by atoms with E-state index < -0.39 is 0 Å². The summed E-state index contributed by atoms with van der Waals surface area (Å²) >= 11 is 3.62. The molecular formula is C15H20BrN3. The van der Waals surface area contributed by atoms with E-state index in [2.05, 4.69) is 65.3 Å². The van der Waals surface area contributed by atoms with Crippen LogP contribution in [0.15, 0.2) is 34.9 Å². The van der Waals surface area contributed by atoms with Crippen molar-refractivity contribution in [3.63, 3.8) is 0 Å². The maximum Gasteiger partial charge on any atom is 0.0790 e. The minimum atomic E-state index is 0.660. The van der Waals surface area contributed by atoms with Crippen molar-refractivity contribution in [2.75, 3.05) is 6.54 Å². The van der Waals surface area contributed by atoms with Crippen molar-refractivity contribution in [3.05, 3.63) is 46.2 Å². The number of aromatic nitrogens is 2. The molecular weight excluding hydrogens is 302 g/mol. The first-order valence-corrected chi connectivity index (χ1v) is 7.38. The van der Waals surface area contributed by atoms with Crippen LogP contribution in [0.4, 0.5) is 0 Å². The molecule has 0 unspecified atom stereocenters. The molecule has 1 heterocycles. The number of aryl methyl sites for hydroxylation is 1. The lowest BCUT2D eigenvalue weighted by molar-refractivity contribution is 0.546. The van der Waals surface area contributed by atoms with Crippen LogP contribution in [0.1, 0.15) is 25.1 Å². The predicted molar refractivity (Wildman–Crippen MR) is 82.5 cm³/mol. The summed E-state index contributed by atoms with van der Waals surface area (Å²) in [4.78, 5) is 0. The Morgan fingerprint density at radius 2 is 2.11 bits per heavy atom. The second kappa shape index (κ2) is 6.35. The summed E-state index contributed by atoms with van der Waals surface area (Å²) in [7, 11) is 0. The third-order valence-electron chi connectivity index (χ3n) is 2.92. The molecule has 0 aliphatic rings. The Morgan fingerprint density at radius 1 is 1.32 bits per heavy atom. The monoisotopic (exact) mass is 321 g/mol. The lowest BCUT2D eigenvalue weighted by atomic mass is 10.2. The van der Waals surface area contributed by atoms with Crippen molar-refractivity contribution in [2.45, 2.75) is 27.3 Å². The SMILES string of the molecule is Cc1cccc(-n2ccc(CNCC(C)C)n2)c1Br. The Bertz CT molecular complexity index is 546. The molecule has 19 heavy (non-hydrogen) atoms. The molecule has 1 aromatic heterocycles. The fraction of sp³-hybridized carbons (Fsp3) is 0.400. The maximum atomic E-state index is 4.60. The molecule has 0 saturated heterocycles. The van der Waals surface area contributed by atoms with Crippen molar-refractivity contribution in [2.24, 2.45) is 5.92 Å². The van der Waals surface area contributed by atoms with Crippen molar-refractivity contribution in [1.82, 2.24) is 15.1 Å². The Morgan fingerprint density at radius 3 is 2.84 bits per heavy atom. The van der Waals surface area contributed by atoms with Gasteiger partial charge in [0, 0.05) is 17.2 Å². The second-order valence-corrected chi connectivity index (χ2v) is 5.98. The van der Waals surface area contributed by atoms with Gasteiger partial charge in [0.1, 0.15) is 0 Å². The minimum absolute atomic E-state index is 0.660. The molecule has 0 atom stereocenters. The van der Waals surface area contributed by atoms with Crippen LogP contribution in [0.3, 0.4) is 0 Å². The van der Waals surface area contributed by atoms with Gasteiger partial charge in [-0.15, -0.1) is 0 Å². The van der Waals surface area contributed by atoms with Gasteiger partial charge in [-0.2, -0.15) is 5.10 Å². The van der Waals surface area contributed by atoms with E-state index in [9.17, 15) is 0 Å². The molecule has 102 valence electrons. The van der Waals surface area contributed by atoms with Crippen molar-refractivity contribution in [1.29, 1.82) is 0 Å². The molecule has 0 fully saturated rings. The van der Waals surface area contributed by atoms with Gasteiger partial charge in [0.25, 0.3) is 0 Å². The molecule has 0 bridgehead atoms. The van der Waals surface area contributed by atoms with Crippen LogP contribution < -0.4 is 5.32 Å². The summed E-state index contributed by atoms with van der Waals surface area (Å²) in [6, 6.07) is 8.26. The highest BCUT2D eigenvalue weighted by molar-refractivity contribution is 9.10. The van der Waals surface area contributed by atoms with Crippen LogP contribution in [0.2, 0.25) is 0 Å². The second-order valence-electron chi connectivity index (χ2n) is 5.18. The van der Waals surface area contributed by atoms with Crippen LogP contribution in [0, 0.1) is 12.8 Å². The average molecular weight is 322 g/mol. The topological polar surface area (TPSA) is 29.9 Å². The summed E-state index contributed by atoms with van der Waals surface area (Å²) in [5.41, 5.74) is 3.36. The Hall–Kier alpha value is -1.13. The molecule has 0 amide bonds.